The van der Waals surface area contributed by atoms with Crippen molar-refractivity contribution in [3.05, 3.63) is 63.4 Å². The van der Waals surface area contributed by atoms with Gasteiger partial charge in [-0.1, -0.05) is 44.2 Å². The molecule has 1 aliphatic heterocycles. The molecule has 0 bridgehead atoms. The van der Waals surface area contributed by atoms with E-state index in [9.17, 15) is 9.59 Å². The fourth-order valence-corrected chi connectivity index (χ4v) is 4.40. The van der Waals surface area contributed by atoms with E-state index >= 15 is 0 Å². The molecule has 0 atom stereocenters. The highest BCUT2D eigenvalue weighted by Crippen LogP contribution is 2.37. The van der Waals surface area contributed by atoms with Gasteiger partial charge in [-0.15, -0.1) is 0 Å². The summed E-state index contributed by atoms with van der Waals surface area (Å²) in [6, 6.07) is 12.8. The number of aryl methyl sites for hydroxylation is 1. The van der Waals surface area contributed by atoms with Gasteiger partial charge in [0.15, 0.2) is 0 Å². The average Bonchev–Trinajstić information content (AvgIpc) is 2.85. The lowest BCUT2D eigenvalue weighted by atomic mass is 10.1. The van der Waals surface area contributed by atoms with Crippen molar-refractivity contribution in [1.82, 2.24) is 19.2 Å². The smallest absolute Gasteiger partial charge is 0.347 e. The first-order valence-corrected chi connectivity index (χ1v) is 12.2. The molecule has 34 heavy (non-hydrogen) atoms. The van der Waals surface area contributed by atoms with Gasteiger partial charge in [-0.25, -0.2) is 9.48 Å². The molecule has 0 aliphatic carbocycles. The van der Waals surface area contributed by atoms with E-state index in [2.05, 4.69) is 65.1 Å². The van der Waals surface area contributed by atoms with Crippen molar-refractivity contribution < 1.29 is 4.74 Å². The molecule has 3 aromatic rings. The molecule has 1 aliphatic rings. The second-order valence-corrected chi connectivity index (χ2v) is 9.42. The Bertz CT molecular complexity index is 1230. The lowest BCUT2D eigenvalue weighted by Gasteiger charge is -2.37. The van der Waals surface area contributed by atoms with Crippen LogP contribution in [0.4, 0.5) is 5.69 Å². The Kier molecular flexibility index (Phi) is 7.67. The van der Waals surface area contributed by atoms with Crippen LogP contribution in [0.5, 0.6) is 5.75 Å². The van der Waals surface area contributed by atoms with E-state index in [0.717, 1.165) is 55.9 Å². The average molecular weight is 466 g/mol. The Morgan fingerprint density at radius 3 is 2.47 bits per heavy atom. The maximum absolute atomic E-state index is 12.1. The Labute approximate surface area is 200 Å². The van der Waals surface area contributed by atoms with E-state index in [1.807, 2.05) is 0 Å². The number of hydrogen-bond donors (Lipinski definition) is 0. The summed E-state index contributed by atoms with van der Waals surface area (Å²) in [5.41, 5.74) is 0.480. The lowest BCUT2D eigenvalue weighted by Crippen LogP contribution is -2.46. The van der Waals surface area contributed by atoms with Gasteiger partial charge in [-0.05, 0) is 36.8 Å². The molecule has 1 fully saturated rings. The molecular formula is C26H35N5O3. The van der Waals surface area contributed by atoms with E-state index in [1.54, 1.807) is 0 Å². The van der Waals surface area contributed by atoms with Crippen LogP contribution in [0.2, 0.25) is 0 Å². The topological polar surface area (TPSA) is 72.6 Å². The molecule has 0 spiro atoms. The monoisotopic (exact) mass is 465 g/mol. The summed E-state index contributed by atoms with van der Waals surface area (Å²) in [7, 11) is 1.48. The highest BCUT2D eigenvalue weighted by atomic mass is 16.5. The normalized spacial score (nSPS) is 14.8. The number of piperazine rings is 1. The van der Waals surface area contributed by atoms with Gasteiger partial charge in [0.1, 0.15) is 11.9 Å². The van der Waals surface area contributed by atoms with Gasteiger partial charge in [0.25, 0.3) is 5.56 Å². The van der Waals surface area contributed by atoms with Crippen molar-refractivity contribution in [2.45, 2.75) is 33.2 Å². The van der Waals surface area contributed by atoms with E-state index in [4.69, 9.17) is 4.74 Å². The standard InChI is InChI=1S/C26H35N5O3/c1-20(2)19-34-23-11-10-21-8-4-5-9-22(21)25(23)30-16-14-29(15-17-30)12-6-7-13-31-26(33)28(3)24(32)18-27-31/h4-5,8-11,18,20H,6-7,12-17,19H2,1-3H3. The maximum atomic E-state index is 12.1. The Hall–Kier alpha value is -3.13. The highest BCUT2D eigenvalue weighted by Gasteiger charge is 2.22. The van der Waals surface area contributed by atoms with Gasteiger partial charge in [0.2, 0.25) is 0 Å². The predicted molar refractivity (Wildman–Crippen MR) is 136 cm³/mol. The SMILES string of the molecule is CC(C)COc1ccc2ccccc2c1N1CCN(CCCCn2ncc(=O)n(C)c2=O)CC1. The number of ether oxygens (including phenoxy) is 1. The van der Waals surface area contributed by atoms with Crippen molar-refractivity contribution in [1.29, 1.82) is 0 Å². The number of anilines is 1. The van der Waals surface area contributed by atoms with Crippen LogP contribution in [-0.2, 0) is 13.6 Å². The molecule has 1 aromatic heterocycles. The third kappa shape index (κ3) is 5.50. The lowest BCUT2D eigenvalue weighted by molar-refractivity contribution is 0.246. The molecule has 0 amide bonds. The van der Waals surface area contributed by atoms with Crippen molar-refractivity contribution in [2.75, 3.05) is 44.2 Å². The number of hydrogen-bond acceptors (Lipinski definition) is 6. The molecule has 0 saturated carbocycles. The molecular weight excluding hydrogens is 430 g/mol. The van der Waals surface area contributed by atoms with E-state index in [-0.39, 0.29) is 11.2 Å². The van der Waals surface area contributed by atoms with Crippen LogP contribution >= 0.6 is 0 Å². The van der Waals surface area contributed by atoms with E-state index < -0.39 is 0 Å². The number of fused-ring (bicyclic) bond motifs is 1. The second-order valence-electron chi connectivity index (χ2n) is 9.42. The molecule has 2 aromatic carbocycles. The number of unbranched alkanes of at least 4 members (excludes halogenated alkanes) is 1. The first-order chi connectivity index (χ1) is 16.4. The van der Waals surface area contributed by atoms with Crippen LogP contribution in [0, 0.1) is 5.92 Å². The zero-order valence-corrected chi connectivity index (χ0v) is 20.4. The zero-order valence-electron chi connectivity index (χ0n) is 20.4. The van der Waals surface area contributed by atoms with E-state index in [0.29, 0.717) is 19.1 Å². The Morgan fingerprint density at radius 1 is 0.971 bits per heavy atom. The van der Waals surface area contributed by atoms with Crippen molar-refractivity contribution in [2.24, 2.45) is 13.0 Å². The van der Waals surface area contributed by atoms with Crippen LogP contribution in [-0.4, -0.2) is 58.6 Å². The maximum Gasteiger partial charge on any atom is 0.347 e. The van der Waals surface area contributed by atoms with Gasteiger partial charge < -0.3 is 9.64 Å². The molecule has 2 heterocycles. The highest BCUT2D eigenvalue weighted by molar-refractivity contribution is 5.97. The molecule has 1 saturated heterocycles. The second kappa shape index (κ2) is 10.9. The number of aromatic nitrogens is 3. The first-order valence-electron chi connectivity index (χ1n) is 12.2. The summed E-state index contributed by atoms with van der Waals surface area (Å²) in [6.45, 7) is 10.5. The number of benzene rings is 2. The van der Waals surface area contributed by atoms with Gasteiger partial charge >= 0.3 is 5.69 Å². The zero-order chi connectivity index (χ0) is 24.1. The van der Waals surface area contributed by atoms with Crippen LogP contribution in [0.25, 0.3) is 10.8 Å². The molecule has 0 unspecified atom stereocenters. The third-order valence-electron chi connectivity index (χ3n) is 6.36. The van der Waals surface area contributed by atoms with Crippen molar-refractivity contribution >= 4 is 16.5 Å². The van der Waals surface area contributed by atoms with Gasteiger partial charge in [-0.3, -0.25) is 14.3 Å². The summed E-state index contributed by atoms with van der Waals surface area (Å²) >= 11 is 0. The van der Waals surface area contributed by atoms with Crippen molar-refractivity contribution in [3.63, 3.8) is 0 Å². The molecule has 182 valence electrons. The Balaban J connectivity index is 1.35. The molecule has 0 radical (unpaired) electrons. The molecule has 4 rings (SSSR count). The number of nitrogens with zero attached hydrogens (tertiary/aromatic N) is 5. The molecule has 8 heteroatoms. The van der Waals surface area contributed by atoms with Crippen molar-refractivity contribution in [3.8, 4) is 5.75 Å². The van der Waals surface area contributed by atoms with E-state index in [1.165, 1.54) is 34.4 Å². The van der Waals surface area contributed by atoms with Crippen LogP contribution in [0.1, 0.15) is 26.7 Å². The van der Waals surface area contributed by atoms with Gasteiger partial charge in [-0.2, -0.15) is 5.10 Å². The first kappa shape index (κ1) is 24.0. The minimum Gasteiger partial charge on any atom is -0.491 e. The third-order valence-corrected chi connectivity index (χ3v) is 6.36. The van der Waals surface area contributed by atoms with Crippen LogP contribution in [0.3, 0.4) is 0 Å². The fraction of sp³-hybridized carbons (Fsp3) is 0.500. The van der Waals surface area contributed by atoms with Crippen LogP contribution < -0.4 is 20.9 Å². The largest absolute Gasteiger partial charge is 0.491 e. The summed E-state index contributed by atoms with van der Waals surface area (Å²) in [6.07, 6.45) is 3.03. The predicted octanol–water partition coefficient (Wildman–Crippen LogP) is 2.73. The minimum absolute atomic E-state index is 0.355. The quantitative estimate of drug-likeness (QED) is 0.453. The molecule has 8 nitrogen and oxygen atoms in total. The minimum atomic E-state index is -0.372. The fourth-order valence-electron chi connectivity index (χ4n) is 4.40. The van der Waals surface area contributed by atoms with Gasteiger partial charge in [0, 0.05) is 45.2 Å². The summed E-state index contributed by atoms with van der Waals surface area (Å²) < 4.78 is 8.69. The molecule has 0 N–H and O–H groups in total. The summed E-state index contributed by atoms with van der Waals surface area (Å²) in [5.74, 6) is 1.44. The Morgan fingerprint density at radius 2 is 1.71 bits per heavy atom. The number of rotatable bonds is 9. The summed E-state index contributed by atoms with van der Waals surface area (Å²) in [5, 5.41) is 6.44. The van der Waals surface area contributed by atoms with Crippen LogP contribution in [0.15, 0.2) is 52.2 Å². The van der Waals surface area contributed by atoms with Gasteiger partial charge in [0.05, 0.1) is 12.3 Å². The summed E-state index contributed by atoms with van der Waals surface area (Å²) in [4.78, 5) is 28.5.